The van der Waals surface area contributed by atoms with E-state index in [1.807, 2.05) is 13.8 Å². The van der Waals surface area contributed by atoms with Crippen LogP contribution in [0.2, 0.25) is 0 Å². The van der Waals surface area contributed by atoms with E-state index in [2.05, 4.69) is 0 Å². The van der Waals surface area contributed by atoms with Crippen molar-refractivity contribution in [2.75, 3.05) is 19.7 Å². The highest BCUT2D eigenvalue weighted by Crippen LogP contribution is 2.17. The molecule has 5 heteroatoms. The van der Waals surface area contributed by atoms with Crippen molar-refractivity contribution in [3.63, 3.8) is 0 Å². The molecule has 0 radical (unpaired) electrons. The van der Waals surface area contributed by atoms with Gasteiger partial charge in [0, 0.05) is 19.0 Å². The molecule has 1 atom stereocenters. The maximum absolute atomic E-state index is 11.5. The van der Waals surface area contributed by atoms with Crippen LogP contribution < -0.4 is 5.73 Å². The molecule has 1 rings (SSSR count). The van der Waals surface area contributed by atoms with Crippen molar-refractivity contribution in [2.24, 2.45) is 17.6 Å². The van der Waals surface area contributed by atoms with Crippen LogP contribution in [0.4, 0.5) is 4.79 Å². The summed E-state index contributed by atoms with van der Waals surface area (Å²) in [5, 5.41) is 0. The van der Waals surface area contributed by atoms with Gasteiger partial charge in [-0.3, -0.25) is 0 Å². The van der Waals surface area contributed by atoms with E-state index >= 15 is 0 Å². The maximum atomic E-state index is 11.5. The number of rotatable bonds is 3. The van der Waals surface area contributed by atoms with Crippen LogP contribution in [-0.4, -0.2) is 35.7 Å². The highest BCUT2D eigenvalue weighted by molar-refractivity contribution is 7.80. The molecule has 0 aromatic carbocycles. The van der Waals surface area contributed by atoms with E-state index in [0.717, 1.165) is 6.42 Å². The Kier molecular flexibility index (Phi) is 4.32. The Morgan fingerprint density at radius 3 is 2.80 bits per heavy atom. The second kappa shape index (κ2) is 5.30. The molecule has 1 amide bonds. The van der Waals surface area contributed by atoms with Crippen molar-refractivity contribution in [3.8, 4) is 0 Å². The molecule has 4 nitrogen and oxygen atoms in total. The minimum atomic E-state index is -0.248. The van der Waals surface area contributed by atoms with Crippen LogP contribution in [0.3, 0.4) is 0 Å². The van der Waals surface area contributed by atoms with Gasteiger partial charge in [-0.15, -0.1) is 0 Å². The van der Waals surface area contributed by atoms with E-state index in [0.29, 0.717) is 30.6 Å². The molecule has 2 N–H and O–H groups in total. The molecule has 1 fully saturated rings. The number of likely N-dealkylation sites (tertiary alicyclic amines) is 1. The van der Waals surface area contributed by atoms with E-state index in [-0.39, 0.29) is 12.0 Å². The maximum Gasteiger partial charge on any atom is 0.409 e. The average molecular weight is 230 g/mol. The first-order chi connectivity index (χ1) is 7.00. The Hall–Kier alpha value is -0.840. The fourth-order valence-corrected chi connectivity index (χ4v) is 1.68. The zero-order chi connectivity index (χ0) is 11.4. The first kappa shape index (κ1) is 12.2. The average Bonchev–Trinajstić information content (AvgIpc) is 2.62. The Balaban J connectivity index is 2.33. The first-order valence-corrected chi connectivity index (χ1v) is 5.62. The molecule has 1 aliphatic heterocycles. The monoisotopic (exact) mass is 230 g/mol. The Morgan fingerprint density at radius 1 is 1.67 bits per heavy atom. The van der Waals surface area contributed by atoms with Crippen LogP contribution in [0.25, 0.3) is 0 Å². The summed E-state index contributed by atoms with van der Waals surface area (Å²) >= 11 is 4.90. The number of ether oxygens (including phenoxy) is 1. The van der Waals surface area contributed by atoms with Gasteiger partial charge in [-0.2, -0.15) is 0 Å². The molecular formula is C10H18N2O2S. The smallest absolute Gasteiger partial charge is 0.409 e. The summed E-state index contributed by atoms with van der Waals surface area (Å²) in [5.74, 6) is 0.523. The van der Waals surface area contributed by atoms with Gasteiger partial charge in [0.2, 0.25) is 0 Å². The summed E-state index contributed by atoms with van der Waals surface area (Å²) in [4.78, 5) is 13.7. The Labute approximate surface area is 95.8 Å². The predicted molar refractivity (Wildman–Crippen MR) is 62.7 cm³/mol. The van der Waals surface area contributed by atoms with E-state index in [1.54, 1.807) is 4.90 Å². The topological polar surface area (TPSA) is 55.6 Å². The summed E-state index contributed by atoms with van der Waals surface area (Å²) in [6, 6.07) is 0. The summed E-state index contributed by atoms with van der Waals surface area (Å²) < 4.78 is 5.12. The van der Waals surface area contributed by atoms with Gasteiger partial charge >= 0.3 is 6.09 Å². The fourth-order valence-electron chi connectivity index (χ4n) is 1.49. The first-order valence-electron chi connectivity index (χ1n) is 5.21. The van der Waals surface area contributed by atoms with Gasteiger partial charge in [-0.1, -0.05) is 26.1 Å². The molecule has 0 spiro atoms. The molecule has 1 saturated heterocycles. The minimum Gasteiger partial charge on any atom is -0.449 e. The molecule has 1 unspecified atom stereocenters. The van der Waals surface area contributed by atoms with Gasteiger partial charge in [-0.05, 0) is 12.3 Å². The molecule has 15 heavy (non-hydrogen) atoms. The molecular weight excluding hydrogens is 212 g/mol. The lowest BCUT2D eigenvalue weighted by atomic mass is 10.1. The lowest BCUT2D eigenvalue weighted by Crippen LogP contribution is -2.32. The van der Waals surface area contributed by atoms with E-state index in [9.17, 15) is 4.79 Å². The van der Waals surface area contributed by atoms with Crippen molar-refractivity contribution in [1.82, 2.24) is 4.90 Å². The highest BCUT2D eigenvalue weighted by atomic mass is 32.1. The largest absolute Gasteiger partial charge is 0.449 e. The van der Waals surface area contributed by atoms with Crippen molar-refractivity contribution in [1.29, 1.82) is 0 Å². The number of amides is 1. The third-order valence-electron chi connectivity index (χ3n) is 2.39. The number of carbonyl (C=O) groups excluding carboxylic acids is 1. The van der Waals surface area contributed by atoms with Gasteiger partial charge in [0.15, 0.2) is 0 Å². The zero-order valence-electron chi connectivity index (χ0n) is 9.23. The SMILES string of the molecule is CC(C)COC(=O)N1CCC(C(N)=S)C1. The molecule has 0 saturated carbocycles. The van der Waals surface area contributed by atoms with Crippen LogP contribution in [0.1, 0.15) is 20.3 Å². The summed E-state index contributed by atoms with van der Waals surface area (Å²) in [6.45, 7) is 5.78. The quantitative estimate of drug-likeness (QED) is 0.744. The predicted octanol–water partition coefficient (Wildman–Crippen LogP) is 1.39. The van der Waals surface area contributed by atoms with Crippen molar-refractivity contribution < 1.29 is 9.53 Å². The molecule has 1 heterocycles. The standard InChI is InChI=1S/C10H18N2O2S/c1-7(2)6-14-10(13)12-4-3-8(5-12)9(11)15/h7-8H,3-6H2,1-2H3,(H2,11,15). The van der Waals surface area contributed by atoms with Gasteiger partial charge < -0.3 is 15.4 Å². The summed E-state index contributed by atoms with van der Waals surface area (Å²) in [5.41, 5.74) is 5.53. The van der Waals surface area contributed by atoms with Crippen molar-refractivity contribution in [3.05, 3.63) is 0 Å². The fraction of sp³-hybridized carbons (Fsp3) is 0.800. The number of nitrogens with two attached hydrogens (primary N) is 1. The Morgan fingerprint density at radius 2 is 2.33 bits per heavy atom. The number of hydrogen-bond donors (Lipinski definition) is 1. The molecule has 1 aliphatic rings. The number of hydrogen-bond acceptors (Lipinski definition) is 3. The highest BCUT2D eigenvalue weighted by Gasteiger charge is 2.28. The zero-order valence-corrected chi connectivity index (χ0v) is 10.0. The Bertz CT molecular complexity index is 256. The normalized spacial score (nSPS) is 20.7. The third kappa shape index (κ3) is 3.66. The summed E-state index contributed by atoms with van der Waals surface area (Å²) in [6.07, 6.45) is 0.606. The van der Waals surface area contributed by atoms with Gasteiger partial charge in [0.25, 0.3) is 0 Å². The lowest BCUT2D eigenvalue weighted by Gasteiger charge is -2.16. The second-order valence-electron chi connectivity index (χ2n) is 4.30. The molecule has 0 aliphatic carbocycles. The van der Waals surface area contributed by atoms with Gasteiger partial charge in [0.05, 0.1) is 11.6 Å². The van der Waals surface area contributed by atoms with Crippen LogP contribution in [-0.2, 0) is 4.74 Å². The number of nitrogens with zero attached hydrogens (tertiary/aromatic N) is 1. The molecule has 86 valence electrons. The van der Waals surface area contributed by atoms with Crippen LogP contribution >= 0.6 is 12.2 Å². The van der Waals surface area contributed by atoms with Crippen molar-refractivity contribution in [2.45, 2.75) is 20.3 Å². The summed E-state index contributed by atoms with van der Waals surface area (Å²) in [7, 11) is 0. The number of carbonyl (C=O) groups is 1. The lowest BCUT2D eigenvalue weighted by molar-refractivity contribution is 0.0991. The van der Waals surface area contributed by atoms with Crippen molar-refractivity contribution >= 4 is 23.3 Å². The van der Waals surface area contributed by atoms with Gasteiger partial charge in [0.1, 0.15) is 0 Å². The van der Waals surface area contributed by atoms with Crippen LogP contribution in [0, 0.1) is 11.8 Å². The van der Waals surface area contributed by atoms with Gasteiger partial charge in [-0.25, -0.2) is 4.79 Å². The third-order valence-corrected chi connectivity index (χ3v) is 2.72. The van der Waals surface area contributed by atoms with Crippen LogP contribution in [0.5, 0.6) is 0 Å². The number of thiocarbonyl (C=S) groups is 1. The minimum absolute atomic E-state index is 0.159. The molecule has 0 aromatic heterocycles. The van der Waals surface area contributed by atoms with E-state index < -0.39 is 0 Å². The van der Waals surface area contributed by atoms with E-state index in [4.69, 9.17) is 22.7 Å². The molecule has 0 aromatic rings. The molecule has 0 bridgehead atoms. The second-order valence-corrected chi connectivity index (χ2v) is 4.78. The van der Waals surface area contributed by atoms with E-state index in [1.165, 1.54) is 0 Å². The van der Waals surface area contributed by atoms with Crippen LogP contribution in [0.15, 0.2) is 0 Å².